The summed E-state index contributed by atoms with van der Waals surface area (Å²) in [5, 5.41) is 10.5. The molecule has 5 atom stereocenters. The van der Waals surface area contributed by atoms with E-state index < -0.39 is 97.5 Å². The van der Waals surface area contributed by atoms with Gasteiger partial charge in [0.05, 0.1) is 26.4 Å². The molecule has 0 rings (SSSR count). The van der Waals surface area contributed by atoms with Crippen LogP contribution in [0, 0.1) is 0 Å². The molecular formula is C63H122O17P2. The van der Waals surface area contributed by atoms with Crippen LogP contribution in [0.3, 0.4) is 0 Å². The summed E-state index contributed by atoms with van der Waals surface area (Å²) in [5.74, 6) is -2.14. The van der Waals surface area contributed by atoms with E-state index in [4.69, 9.17) is 37.0 Å². The number of phosphoric acid groups is 2. The maximum atomic E-state index is 13.0. The average Bonchev–Trinajstić information content (AvgIpc) is 3.47. The number of phosphoric ester groups is 2. The molecule has 0 aliphatic heterocycles. The van der Waals surface area contributed by atoms with E-state index in [-0.39, 0.29) is 25.7 Å². The van der Waals surface area contributed by atoms with Crippen LogP contribution < -0.4 is 0 Å². The van der Waals surface area contributed by atoms with Gasteiger partial charge < -0.3 is 33.8 Å². The highest BCUT2D eigenvalue weighted by Gasteiger charge is 2.30. The first kappa shape index (κ1) is 80.1. The molecular weight excluding hydrogens is 1090 g/mol. The molecule has 0 radical (unpaired) electrons. The third-order valence-electron chi connectivity index (χ3n) is 14.6. The Balaban J connectivity index is 5.17. The molecule has 0 fully saturated rings. The van der Waals surface area contributed by atoms with Crippen molar-refractivity contribution >= 4 is 39.5 Å². The van der Waals surface area contributed by atoms with Crippen molar-refractivity contribution in [3.05, 3.63) is 0 Å². The van der Waals surface area contributed by atoms with Gasteiger partial charge in [0, 0.05) is 25.7 Å². The maximum absolute atomic E-state index is 13.0. The van der Waals surface area contributed by atoms with Crippen molar-refractivity contribution in [3.63, 3.8) is 0 Å². The zero-order valence-corrected chi connectivity index (χ0v) is 54.2. The highest BCUT2D eigenvalue weighted by molar-refractivity contribution is 7.47. The van der Waals surface area contributed by atoms with E-state index >= 15 is 0 Å². The molecule has 0 aromatic carbocycles. The number of rotatable bonds is 64. The van der Waals surface area contributed by atoms with E-state index in [1.807, 2.05) is 0 Å². The summed E-state index contributed by atoms with van der Waals surface area (Å²) in [6.07, 6.45) is 43.3. The predicted octanol–water partition coefficient (Wildman–Crippen LogP) is 17.5. The molecule has 0 heterocycles. The molecule has 0 amide bonds. The number of hydrogen-bond acceptors (Lipinski definition) is 15. The topological polar surface area (TPSA) is 237 Å². The second-order valence-corrected chi connectivity index (χ2v) is 25.7. The van der Waals surface area contributed by atoms with Gasteiger partial charge in [-0.2, -0.15) is 0 Å². The third kappa shape index (κ3) is 57.2. The van der Waals surface area contributed by atoms with Crippen molar-refractivity contribution in [1.29, 1.82) is 0 Å². The van der Waals surface area contributed by atoms with Gasteiger partial charge in [-0.15, -0.1) is 0 Å². The summed E-state index contributed by atoms with van der Waals surface area (Å²) < 4.78 is 67.8. The van der Waals surface area contributed by atoms with Crippen LogP contribution in [0.2, 0.25) is 0 Å². The zero-order chi connectivity index (χ0) is 60.5. The highest BCUT2D eigenvalue weighted by atomic mass is 31.2. The van der Waals surface area contributed by atoms with E-state index in [0.717, 1.165) is 96.3 Å². The lowest BCUT2D eigenvalue weighted by Crippen LogP contribution is -2.30. The van der Waals surface area contributed by atoms with Gasteiger partial charge in [0.1, 0.15) is 19.3 Å². The quantitative estimate of drug-likeness (QED) is 0.0222. The Hall–Kier alpha value is -1.94. The predicted molar refractivity (Wildman–Crippen MR) is 326 cm³/mol. The fourth-order valence-corrected chi connectivity index (χ4v) is 11.0. The smallest absolute Gasteiger partial charge is 0.462 e. The van der Waals surface area contributed by atoms with E-state index in [9.17, 15) is 43.2 Å². The van der Waals surface area contributed by atoms with Crippen LogP contribution in [0.25, 0.3) is 0 Å². The lowest BCUT2D eigenvalue weighted by molar-refractivity contribution is -0.161. The fraction of sp³-hybridized carbons (Fsp3) is 0.937. The van der Waals surface area contributed by atoms with E-state index in [1.165, 1.54) is 148 Å². The first-order valence-corrected chi connectivity index (χ1v) is 36.3. The van der Waals surface area contributed by atoms with Crippen molar-refractivity contribution < 1.29 is 80.2 Å². The normalized spacial score (nSPS) is 14.2. The van der Waals surface area contributed by atoms with Gasteiger partial charge >= 0.3 is 39.5 Å². The Morgan fingerprint density at radius 2 is 0.488 bits per heavy atom. The number of aliphatic hydroxyl groups excluding tert-OH is 1. The summed E-state index contributed by atoms with van der Waals surface area (Å²) in [4.78, 5) is 71.9. The van der Waals surface area contributed by atoms with Gasteiger partial charge in [-0.05, 0) is 25.7 Å². The van der Waals surface area contributed by atoms with Crippen LogP contribution in [0.15, 0.2) is 0 Å². The van der Waals surface area contributed by atoms with Crippen molar-refractivity contribution in [2.45, 2.75) is 341 Å². The van der Waals surface area contributed by atoms with Gasteiger partial charge in [-0.3, -0.25) is 37.3 Å². The van der Waals surface area contributed by atoms with Gasteiger partial charge in [-0.1, -0.05) is 272 Å². The number of carbonyl (C=O) groups excluding carboxylic acids is 4. The third-order valence-corrected chi connectivity index (χ3v) is 16.5. The Morgan fingerprint density at radius 3 is 0.720 bits per heavy atom. The molecule has 486 valence electrons. The Kier molecular flexibility index (Phi) is 56.7. The molecule has 0 aromatic heterocycles. The number of unbranched alkanes of at least 4 members (excludes halogenated alkanes) is 38. The first-order chi connectivity index (χ1) is 39.7. The lowest BCUT2D eigenvalue weighted by atomic mass is 10.0. The van der Waals surface area contributed by atoms with E-state index in [1.54, 1.807) is 0 Å². The molecule has 0 saturated heterocycles. The minimum atomic E-state index is -4.94. The Labute approximate surface area is 498 Å². The van der Waals surface area contributed by atoms with Crippen molar-refractivity contribution in [2.24, 2.45) is 0 Å². The molecule has 0 aliphatic carbocycles. The minimum Gasteiger partial charge on any atom is -0.462 e. The van der Waals surface area contributed by atoms with Crippen LogP contribution in [0.5, 0.6) is 0 Å². The number of ether oxygens (including phenoxy) is 4. The van der Waals surface area contributed by atoms with Crippen LogP contribution in [-0.4, -0.2) is 96.7 Å². The average molecular weight is 1210 g/mol. The SMILES string of the molecule is CCCCCCCCCCCCCCCCCC(=O)O[C@H](COC(=O)CCCCCCCCCCCCCC)COP(=O)(O)OC[C@@H](O)COP(=O)(O)OC[C@@H](COC(=O)CCCCCCC)OC(=O)CCCCCCCCCCCC. The van der Waals surface area contributed by atoms with Crippen molar-refractivity contribution in [1.82, 2.24) is 0 Å². The summed E-state index contributed by atoms with van der Waals surface area (Å²) in [6, 6.07) is 0. The van der Waals surface area contributed by atoms with Crippen LogP contribution >= 0.6 is 15.6 Å². The lowest BCUT2D eigenvalue weighted by Gasteiger charge is -2.21. The Bertz CT molecular complexity index is 1590. The fourth-order valence-electron chi connectivity index (χ4n) is 9.46. The van der Waals surface area contributed by atoms with Crippen LogP contribution in [-0.2, 0) is 65.4 Å². The number of hydrogen-bond donors (Lipinski definition) is 3. The zero-order valence-electron chi connectivity index (χ0n) is 52.5. The van der Waals surface area contributed by atoms with E-state index in [2.05, 4.69) is 27.7 Å². The molecule has 82 heavy (non-hydrogen) atoms. The van der Waals surface area contributed by atoms with Gasteiger partial charge in [0.15, 0.2) is 12.2 Å². The van der Waals surface area contributed by atoms with Gasteiger partial charge in [0.25, 0.3) is 0 Å². The summed E-state index contributed by atoms with van der Waals surface area (Å²) in [5.41, 5.74) is 0. The molecule has 2 unspecified atom stereocenters. The largest absolute Gasteiger partial charge is 0.472 e. The molecule has 0 aromatic rings. The second-order valence-electron chi connectivity index (χ2n) is 22.8. The molecule has 0 bridgehead atoms. The molecule has 19 heteroatoms. The Morgan fingerprint density at radius 1 is 0.293 bits per heavy atom. The van der Waals surface area contributed by atoms with Gasteiger partial charge in [0.2, 0.25) is 0 Å². The molecule has 0 aliphatic rings. The molecule has 0 spiro atoms. The molecule has 17 nitrogen and oxygen atoms in total. The maximum Gasteiger partial charge on any atom is 0.472 e. The monoisotopic (exact) mass is 1210 g/mol. The van der Waals surface area contributed by atoms with Crippen LogP contribution in [0.1, 0.15) is 323 Å². The summed E-state index contributed by atoms with van der Waals surface area (Å²) >= 11 is 0. The minimum absolute atomic E-state index is 0.106. The number of aliphatic hydroxyl groups is 1. The van der Waals surface area contributed by atoms with Crippen molar-refractivity contribution in [2.75, 3.05) is 39.6 Å². The first-order valence-electron chi connectivity index (χ1n) is 33.3. The van der Waals surface area contributed by atoms with Crippen molar-refractivity contribution in [3.8, 4) is 0 Å². The summed E-state index contributed by atoms with van der Waals surface area (Å²) in [7, 11) is -9.87. The van der Waals surface area contributed by atoms with E-state index in [0.29, 0.717) is 25.7 Å². The number of esters is 4. The molecule has 3 N–H and O–H groups in total. The standard InChI is InChI=1S/C63H122O17P2/c1-5-9-13-17-20-23-26-28-29-30-32-35-38-42-46-50-63(68)80-59(54-74-61(66)48-44-40-36-34-31-27-24-21-18-14-10-6-2)56-78-82(71,72)76-52-57(64)51-75-81(69,70)77-55-58(53-73-60(65)47-43-39-16-12-8-4)79-62(67)49-45-41-37-33-25-22-19-15-11-7-3/h57-59,64H,5-56H2,1-4H3,(H,69,70)(H,71,72)/t57-,58+,59+/m0/s1. The number of carbonyl (C=O) groups is 4. The molecule has 0 saturated carbocycles. The highest BCUT2D eigenvalue weighted by Crippen LogP contribution is 2.45. The second kappa shape index (κ2) is 58.1. The van der Waals surface area contributed by atoms with Gasteiger partial charge in [-0.25, -0.2) is 9.13 Å². The van der Waals surface area contributed by atoms with Crippen LogP contribution in [0.4, 0.5) is 0 Å². The summed E-state index contributed by atoms with van der Waals surface area (Å²) in [6.45, 7) is 4.80.